The molecule has 0 amide bonds. The molecule has 21 heavy (non-hydrogen) atoms. The predicted octanol–water partition coefficient (Wildman–Crippen LogP) is 2.25. The third kappa shape index (κ3) is 2.97. The van der Waals surface area contributed by atoms with Crippen molar-refractivity contribution in [2.75, 3.05) is 37.8 Å². The molecule has 0 N–H and O–H groups in total. The summed E-state index contributed by atoms with van der Waals surface area (Å²) in [7, 11) is 0. The van der Waals surface area contributed by atoms with Gasteiger partial charge in [-0.1, -0.05) is 6.07 Å². The second kappa shape index (κ2) is 6.10. The molecule has 5 heteroatoms. The van der Waals surface area contributed by atoms with Crippen LogP contribution >= 0.6 is 0 Å². The first-order valence-corrected chi connectivity index (χ1v) is 7.17. The highest BCUT2D eigenvalue weighted by molar-refractivity contribution is 5.94. The Hall–Kier alpha value is -2.14. The van der Waals surface area contributed by atoms with Gasteiger partial charge in [0.25, 0.3) is 0 Å². The van der Waals surface area contributed by atoms with Crippen LogP contribution in [0.2, 0.25) is 0 Å². The number of fused-ring (bicyclic) bond motifs is 1. The minimum atomic E-state index is -0.378. The zero-order valence-corrected chi connectivity index (χ0v) is 12.0. The molecule has 0 atom stereocenters. The lowest BCUT2D eigenvalue weighted by Gasteiger charge is -2.29. The van der Waals surface area contributed by atoms with Crippen molar-refractivity contribution in [3.8, 4) is 0 Å². The molecule has 0 saturated carbocycles. The SMILES string of the molecule is CCOC(=O)c1cc2ccc(N3CCOCC3)cc2cn1. The first-order chi connectivity index (χ1) is 10.3. The molecule has 0 bridgehead atoms. The molecule has 0 spiro atoms. The quantitative estimate of drug-likeness (QED) is 0.810. The maximum atomic E-state index is 11.7. The van der Waals surface area contributed by atoms with Gasteiger partial charge in [-0.2, -0.15) is 0 Å². The van der Waals surface area contributed by atoms with Crippen LogP contribution in [-0.2, 0) is 9.47 Å². The van der Waals surface area contributed by atoms with E-state index >= 15 is 0 Å². The summed E-state index contributed by atoms with van der Waals surface area (Å²) in [5, 5.41) is 2.01. The highest BCUT2D eigenvalue weighted by atomic mass is 16.5. The van der Waals surface area contributed by atoms with Crippen molar-refractivity contribution < 1.29 is 14.3 Å². The van der Waals surface area contributed by atoms with E-state index in [4.69, 9.17) is 9.47 Å². The van der Waals surface area contributed by atoms with Gasteiger partial charge in [-0.25, -0.2) is 9.78 Å². The number of carbonyl (C=O) groups is 1. The fourth-order valence-electron chi connectivity index (χ4n) is 2.46. The summed E-state index contributed by atoms with van der Waals surface area (Å²) in [4.78, 5) is 18.2. The summed E-state index contributed by atoms with van der Waals surface area (Å²) in [6, 6.07) is 7.96. The molecule has 0 radical (unpaired) electrons. The van der Waals surface area contributed by atoms with Crippen LogP contribution in [0.5, 0.6) is 0 Å². The molecule has 1 saturated heterocycles. The van der Waals surface area contributed by atoms with Crippen LogP contribution in [0, 0.1) is 0 Å². The molecular weight excluding hydrogens is 268 g/mol. The van der Waals surface area contributed by atoms with Gasteiger partial charge in [-0.15, -0.1) is 0 Å². The van der Waals surface area contributed by atoms with Gasteiger partial charge in [0.05, 0.1) is 19.8 Å². The van der Waals surface area contributed by atoms with Crippen molar-refractivity contribution in [2.45, 2.75) is 6.92 Å². The van der Waals surface area contributed by atoms with Crippen molar-refractivity contribution in [1.29, 1.82) is 0 Å². The number of hydrogen-bond donors (Lipinski definition) is 0. The van der Waals surface area contributed by atoms with E-state index in [2.05, 4.69) is 22.0 Å². The Morgan fingerprint density at radius 2 is 2.10 bits per heavy atom. The third-order valence-electron chi connectivity index (χ3n) is 3.57. The predicted molar refractivity (Wildman–Crippen MR) is 80.7 cm³/mol. The number of pyridine rings is 1. The number of carbonyl (C=O) groups excluding carboxylic acids is 1. The van der Waals surface area contributed by atoms with Crippen molar-refractivity contribution in [2.24, 2.45) is 0 Å². The fraction of sp³-hybridized carbons (Fsp3) is 0.375. The van der Waals surface area contributed by atoms with E-state index in [1.165, 1.54) is 0 Å². The second-order valence-electron chi connectivity index (χ2n) is 4.92. The van der Waals surface area contributed by atoms with E-state index in [0.717, 1.165) is 42.8 Å². The molecule has 1 aliphatic rings. The number of ether oxygens (including phenoxy) is 2. The molecule has 2 heterocycles. The third-order valence-corrected chi connectivity index (χ3v) is 3.57. The lowest BCUT2D eigenvalue weighted by Crippen LogP contribution is -2.36. The first-order valence-electron chi connectivity index (χ1n) is 7.17. The number of rotatable bonds is 3. The van der Waals surface area contributed by atoms with Gasteiger partial charge in [-0.05, 0) is 30.5 Å². The lowest BCUT2D eigenvalue weighted by atomic mass is 10.1. The first kappa shape index (κ1) is 13.8. The van der Waals surface area contributed by atoms with Crippen LogP contribution in [0.3, 0.4) is 0 Å². The van der Waals surface area contributed by atoms with Gasteiger partial charge in [-0.3, -0.25) is 0 Å². The zero-order chi connectivity index (χ0) is 14.7. The number of benzene rings is 1. The molecule has 3 rings (SSSR count). The van der Waals surface area contributed by atoms with Crippen LogP contribution in [0.1, 0.15) is 17.4 Å². The van der Waals surface area contributed by atoms with Crippen LogP contribution in [-0.4, -0.2) is 43.9 Å². The Morgan fingerprint density at radius 3 is 2.86 bits per heavy atom. The number of nitrogens with zero attached hydrogens (tertiary/aromatic N) is 2. The van der Waals surface area contributed by atoms with Crippen molar-refractivity contribution in [3.05, 3.63) is 36.2 Å². The van der Waals surface area contributed by atoms with Gasteiger partial charge in [0.1, 0.15) is 5.69 Å². The van der Waals surface area contributed by atoms with Crippen LogP contribution in [0.25, 0.3) is 10.8 Å². The van der Waals surface area contributed by atoms with Gasteiger partial charge in [0.15, 0.2) is 0 Å². The highest BCUT2D eigenvalue weighted by Crippen LogP contribution is 2.23. The standard InChI is InChI=1S/C16H18N2O3/c1-2-21-16(19)15-10-12-3-4-14(9-13(12)11-17-15)18-5-7-20-8-6-18/h3-4,9-11H,2,5-8H2,1H3. The molecule has 2 aromatic rings. The largest absolute Gasteiger partial charge is 0.461 e. The summed E-state index contributed by atoms with van der Waals surface area (Å²) in [5.41, 5.74) is 1.51. The van der Waals surface area contributed by atoms with Gasteiger partial charge in [0.2, 0.25) is 0 Å². The van der Waals surface area contributed by atoms with E-state index in [-0.39, 0.29) is 5.97 Å². The average molecular weight is 286 g/mol. The Kier molecular flexibility index (Phi) is 4.01. The normalized spacial score (nSPS) is 15.2. The minimum absolute atomic E-state index is 0.350. The van der Waals surface area contributed by atoms with Gasteiger partial charge >= 0.3 is 5.97 Å². The summed E-state index contributed by atoms with van der Waals surface area (Å²) >= 11 is 0. The molecular formula is C16H18N2O3. The number of aromatic nitrogens is 1. The smallest absolute Gasteiger partial charge is 0.356 e. The van der Waals surface area contributed by atoms with Crippen molar-refractivity contribution in [3.63, 3.8) is 0 Å². The fourth-order valence-corrected chi connectivity index (χ4v) is 2.46. The molecule has 1 fully saturated rings. The van der Waals surface area contributed by atoms with Crippen LogP contribution in [0.15, 0.2) is 30.5 Å². The van der Waals surface area contributed by atoms with E-state index in [1.807, 2.05) is 6.07 Å². The van der Waals surface area contributed by atoms with E-state index in [1.54, 1.807) is 19.2 Å². The number of esters is 1. The van der Waals surface area contributed by atoms with E-state index in [9.17, 15) is 4.79 Å². The van der Waals surface area contributed by atoms with E-state index < -0.39 is 0 Å². The van der Waals surface area contributed by atoms with E-state index in [0.29, 0.717) is 12.3 Å². The Balaban J connectivity index is 1.88. The molecule has 110 valence electrons. The summed E-state index contributed by atoms with van der Waals surface area (Å²) in [6.45, 7) is 5.47. The maximum absolute atomic E-state index is 11.7. The number of morpholine rings is 1. The van der Waals surface area contributed by atoms with Crippen LogP contribution in [0.4, 0.5) is 5.69 Å². The average Bonchev–Trinajstić information content (AvgIpc) is 2.55. The van der Waals surface area contributed by atoms with Crippen LogP contribution < -0.4 is 4.90 Å². The summed E-state index contributed by atoms with van der Waals surface area (Å²) < 4.78 is 10.3. The number of hydrogen-bond acceptors (Lipinski definition) is 5. The molecule has 1 aromatic heterocycles. The molecule has 1 aliphatic heterocycles. The Labute approximate surface area is 123 Å². The monoisotopic (exact) mass is 286 g/mol. The molecule has 0 aliphatic carbocycles. The molecule has 0 unspecified atom stereocenters. The topological polar surface area (TPSA) is 51.7 Å². The minimum Gasteiger partial charge on any atom is -0.461 e. The van der Waals surface area contributed by atoms with Crippen molar-refractivity contribution >= 4 is 22.4 Å². The lowest BCUT2D eigenvalue weighted by molar-refractivity contribution is 0.0519. The molecule has 5 nitrogen and oxygen atoms in total. The Bertz CT molecular complexity index is 651. The Morgan fingerprint density at radius 1 is 1.29 bits per heavy atom. The van der Waals surface area contributed by atoms with Gasteiger partial charge < -0.3 is 14.4 Å². The van der Waals surface area contributed by atoms with Gasteiger partial charge in [0, 0.05) is 30.4 Å². The van der Waals surface area contributed by atoms with Crippen molar-refractivity contribution in [1.82, 2.24) is 4.98 Å². The second-order valence-corrected chi connectivity index (χ2v) is 4.92. The molecule has 1 aromatic carbocycles. The maximum Gasteiger partial charge on any atom is 0.356 e. The summed E-state index contributed by atoms with van der Waals surface area (Å²) in [6.07, 6.45) is 1.73. The highest BCUT2D eigenvalue weighted by Gasteiger charge is 2.13. The zero-order valence-electron chi connectivity index (χ0n) is 12.0. The summed E-state index contributed by atoms with van der Waals surface area (Å²) in [5.74, 6) is -0.378. The number of anilines is 1.